The highest BCUT2D eigenvalue weighted by Crippen LogP contribution is 2.26. The first-order chi connectivity index (χ1) is 15.1. The van der Waals surface area contributed by atoms with Crippen LogP contribution in [0, 0.1) is 0 Å². The van der Waals surface area contributed by atoms with Crippen LogP contribution in [-0.2, 0) is 11.3 Å². The summed E-state index contributed by atoms with van der Waals surface area (Å²) in [5, 5.41) is 5.11. The summed E-state index contributed by atoms with van der Waals surface area (Å²) in [7, 11) is 1.32. The molecule has 7 nitrogen and oxygen atoms in total. The lowest BCUT2D eigenvalue weighted by Crippen LogP contribution is -2.15. The lowest BCUT2D eigenvalue weighted by Gasteiger charge is -2.10. The molecule has 0 aliphatic heterocycles. The summed E-state index contributed by atoms with van der Waals surface area (Å²) in [6, 6.07) is 18.4. The van der Waals surface area contributed by atoms with Gasteiger partial charge in [-0.15, -0.1) is 11.3 Å². The van der Waals surface area contributed by atoms with E-state index in [-0.39, 0.29) is 12.5 Å². The molecule has 0 unspecified atom stereocenters. The molecule has 0 radical (unpaired) electrons. The number of carbonyl (C=O) groups is 2. The Morgan fingerprint density at radius 2 is 1.87 bits per heavy atom. The number of aromatic amines is 1. The number of H-pyrrole nitrogens is 1. The third kappa shape index (κ3) is 4.81. The van der Waals surface area contributed by atoms with Crippen molar-refractivity contribution in [1.82, 2.24) is 9.97 Å². The summed E-state index contributed by atoms with van der Waals surface area (Å²) >= 11 is 1.30. The Kier molecular flexibility index (Phi) is 6.09. The van der Waals surface area contributed by atoms with E-state index in [9.17, 15) is 9.59 Å². The van der Waals surface area contributed by atoms with Crippen LogP contribution in [0.5, 0.6) is 5.75 Å². The van der Waals surface area contributed by atoms with Crippen molar-refractivity contribution in [2.75, 3.05) is 12.4 Å². The molecule has 0 saturated heterocycles. The molecule has 0 saturated carbocycles. The molecule has 0 atom stereocenters. The number of nitrogens with zero attached hydrogens (tertiary/aromatic N) is 1. The van der Waals surface area contributed by atoms with E-state index < -0.39 is 5.97 Å². The van der Waals surface area contributed by atoms with Gasteiger partial charge in [-0.1, -0.05) is 36.4 Å². The molecule has 4 aromatic rings. The zero-order valence-corrected chi connectivity index (χ0v) is 17.4. The highest BCUT2D eigenvalue weighted by Gasteiger charge is 2.15. The smallest absolute Gasteiger partial charge is 0.354 e. The monoisotopic (exact) mass is 433 g/mol. The number of methoxy groups -OCH3 is 1. The number of para-hydroxylation sites is 1. The Balaban J connectivity index is 1.45. The maximum absolute atomic E-state index is 12.9. The number of nitrogens with one attached hydrogen (secondary N) is 2. The molecule has 156 valence electrons. The number of benzene rings is 2. The van der Waals surface area contributed by atoms with Crippen LogP contribution in [0.25, 0.3) is 11.3 Å². The molecule has 2 aromatic carbocycles. The lowest BCUT2D eigenvalue weighted by molar-refractivity contribution is 0.0594. The number of hydrogen-bond acceptors (Lipinski definition) is 6. The molecule has 0 spiro atoms. The van der Waals surface area contributed by atoms with Gasteiger partial charge in [0.2, 0.25) is 0 Å². The predicted molar refractivity (Wildman–Crippen MR) is 118 cm³/mol. The van der Waals surface area contributed by atoms with Gasteiger partial charge in [0.05, 0.1) is 12.8 Å². The predicted octanol–water partition coefficient (Wildman–Crippen LogP) is 4.76. The minimum atomic E-state index is -0.454. The summed E-state index contributed by atoms with van der Waals surface area (Å²) in [4.78, 5) is 31.8. The number of hydrogen-bond donors (Lipinski definition) is 2. The Bertz CT molecular complexity index is 1200. The Morgan fingerprint density at radius 3 is 2.68 bits per heavy atom. The standard InChI is InChI=1S/C23H19N3O4S/c1-29-22(28)19-11-16(12-24-19)20-14-31-23(25-20)26-21(27)18-10-6-5-7-15(18)13-30-17-8-3-2-4-9-17/h2-12,14,24H,13H2,1H3,(H,25,26,27). The average Bonchev–Trinajstić information content (AvgIpc) is 3.48. The number of amides is 1. The van der Waals surface area contributed by atoms with Crippen LogP contribution in [0.3, 0.4) is 0 Å². The largest absolute Gasteiger partial charge is 0.489 e. The summed E-state index contributed by atoms with van der Waals surface area (Å²) < 4.78 is 10.5. The van der Waals surface area contributed by atoms with Crippen LogP contribution in [0.2, 0.25) is 0 Å². The van der Waals surface area contributed by atoms with Gasteiger partial charge in [-0.3, -0.25) is 10.1 Å². The number of anilines is 1. The first-order valence-corrected chi connectivity index (χ1v) is 10.3. The molecule has 2 aromatic heterocycles. The molecule has 0 bridgehead atoms. The second kappa shape index (κ2) is 9.27. The van der Waals surface area contributed by atoms with Crippen LogP contribution in [0.4, 0.5) is 5.13 Å². The lowest BCUT2D eigenvalue weighted by atomic mass is 10.1. The normalized spacial score (nSPS) is 10.5. The molecule has 31 heavy (non-hydrogen) atoms. The first-order valence-electron chi connectivity index (χ1n) is 9.44. The van der Waals surface area contributed by atoms with E-state index in [1.54, 1.807) is 18.3 Å². The maximum atomic E-state index is 12.9. The second-order valence-corrected chi connectivity index (χ2v) is 7.40. The van der Waals surface area contributed by atoms with Gasteiger partial charge < -0.3 is 14.5 Å². The molecule has 1 amide bonds. The molecule has 0 aliphatic carbocycles. The third-order valence-corrected chi connectivity index (χ3v) is 5.27. The van der Waals surface area contributed by atoms with Gasteiger partial charge in [0.1, 0.15) is 18.1 Å². The van der Waals surface area contributed by atoms with Crippen molar-refractivity contribution in [1.29, 1.82) is 0 Å². The Labute approximate surface area is 182 Å². The molecular weight excluding hydrogens is 414 g/mol. The highest BCUT2D eigenvalue weighted by atomic mass is 32.1. The van der Waals surface area contributed by atoms with Crippen molar-refractivity contribution in [3.63, 3.8) is 0 Å². The van der Waals surface area contributed by atoms with Crippen LogP contribution < -0.4 is 10.1 Å². The number of rotatable bonds is 7. The molecule has 0 aliphatic rings. The van der Waals surface area contributed by atoms with Crippen LogP contribution in [-0.4, -0.2) is 29.0 Å². The second-order valence-electron chi connectivity index (χ2n) is 6.54. The van der Waals surface area contributed by atoms with Gasteiger partial charge in [-0.05, 0) is 24.3 Å². The van der Waals surface area contributed by atoms with E-state index >= 15 is 0 Å². The fourth-order valence-corrected chi connectivity index (χ4v) is 3.66. The van der Waals surface area contributed by atoms with Crippen molar-refractivity contribution in [3.05, 3.63) is 89.1 Å². The van der Waals surface area contributed by atoms with E-state index in [2.05, 4.69) is 15.3 Å². The summed E-state index contributed by atoms with van der Waals surface area (Å²) in [5.41, 5.74) is 3.00. The third-order valence-electron chi connectivity index (χ3n) is 4.51. The van der Waals surface area contributed by atoms with Crippen LogP contribution in [0.15, 0.2) is 72.2 Å². The van der Waals surface area contributed by atoms with Crippen molar-refractivity contribution in [3.8, 4) is 17.0 Å². The highest BCUT2D eigenvalue weighted by molar-refractivity contribution is 7.14. The average molecular weight is 433 g/mol. The van der Waals surface area contributed by atoms with Crippen molar-refractivity contribution in [2.45, 2.75) is 6.61 Å². The van der Waals surface area contributed by atoms with Gasteiger partial charge in [-0.2, -0.15) is 0 Å². The van der Waals surface area contributed by atoms with E-state index in [0.29, 0.717) is 22.1 Å². The zero-order chi connectivity index (χ0) is 21.6. The van der Waals surface area contributed by atoms with Gasteiger partial charge in [0, 0.05) is 28.3 Å². The number of esters is 1. The summed E-state index contributed by atoms with van der Waals surface area (Å²) in [6.07, 6.45) is 1.67. The van der Waals surface area contributed by atoms with Gasteiger partial charge in [0.25, 0.3) is 5.91 Å². The molecule has 2 heterocycles. The minimum Gasteiger partial charge on any atom is -0.489 e. The van der Waals surface area contributed by atoms with E-state index in [1.807, 2.05) is 53.9 Å². The van der Waals surface area contributed by atoms with E-state index in [4.69, 9.17) is 9.47 Å². The number of carbonyl (C=O) groups excluding carboxylic acids is 2. The zero-order valence-electron chi connectivity index (χ0n) is 16.6. The fraction of sp³-hybridized carbons (Fsp3) is 0.0870. The van der Waals surface area contributed by atoms with Gasteiger partial charge >= 0.3 is 5.97 Å². The molecule has 8 heteroatoms. The molecule has 2 N–H and O–H groups in total. The van der Waals surface area contributed by atoms with Crippen LogP contribution in [0.1, 0.15) is 26.4 Å². The Morgan fingerprint density at radius 1 is 1.10 bits per heavy atom. The summed E-state index contributed by atoms with van der Waals surface area (Å²) in [5.74, 6) is 0.0157. The SMILES string of the molecule is COC(=O)c1cc(-c2csc(NC(=O)c3ccccc3COc3ccccc3)n2)c[nH]1. The molecule has 0 fully saturated rings. The van der Waals surface area contributed by atoms with Gasteiger partial charge in [-0.25, -0.2) is 9.78 Å². The van der Waals surface area contributed by atoms with Crippen molar-refractivity contribution in [2.24, 2.45) is 0 Å². The molecule has 4 rings (SSSR count). The number of aromatic nitrogens is 2. The van der Waals surface area contributed by atoms with Crippen molar-refractivity contribution < 1.29 is 19.1 Å². The maximum Gasteiger partial charge on any atom is 0.354 e. The number of thiazole rings is 1. The van der Waals surface area contributed by atoms with Crippen LogP contribution >= 0.6 is 11.3 Å². The minimum absolute atomic E-state index is 0.266. The van der Waals surface area contributed by atoms with E-state index in [1.165, 1.54) is 18.4 Å². The quantitative estimate of drug-likeness (QED) is 0.410. The molecular formula is C23H19N3O4S. The number of ether oxygens (including phenoxy) is 2. The van der Waals surface area contributed by atoms with Gasteiger partial charge in [0.15, 0.2) is 5.13 Å². The fourth-order valence-electron chi connectivity index (χ4n) is 2.94. The Hall–Kier alpha value is -3.91. The van der Waals surface area contributed by atoms with E-state index in [0.717, 1.165) is 16.9 Å². The van der Waals surface area contributed by atoms with Crippen molar-refractivity contribution >= 4 is 28.3 Å². The summed E-state index contributed by atoms with van der Waals surface area (Å²) in [6.45, 7) is 0.274. The topological polar surface area (TPSA) is 93.3 Å². The first kappa shape index (κ1) is 20.4.